The lowest BCUT2D eigenvalue weighted by atomic mass is 10.1. The fourth-order valence-corrected chi connectivity index (χ4v) is 3.97. The van der Waals surface area contributed by atoms with Crippen LogP contribution in [0.5, 0.6) is 0 Å². The van der Waals surface area contributed by atoms with E-state index in [1.807, 2.05) is 11.8 Å². The molecule has 98 valence electrons. The first-order chi connectivity index (χ1) is 8.31. The number of hydrogen-bond acceptors (Lipinski definition) is 3. The maximum atomic E-state index is 12.4. The Morgan fingerprint density at radius 2 is 2.24 bits per heavy atom. The fraction of sp³-hybridized carbons (Fsp3) is 0.923. The Bertz CT molecular complexity index is 248. The molecule has 2 heterocycles. The van der Waals surface area contributed by atoms with E-state index in [0.717, 1.165) is 31.8 Å². The molecule has 0 spiro atoms. The Hall–Kier alpha value is -0.220. The third-order valence-electron chi connectivity index (χ3n) is 3.75. The minimum Gasteiger partial charge on any atom is -0.340 e. The Morgan fingerprint density at radius 1 is 1.35 bits per heavy atom. The second kappa shape index (κ2) is 6.64. The third-order valence-corrected chi connectivity index (χ3v) is 5.12. The summed E-state index contributed by atoms with van der Waals surface area (Å²) in [4.78, 5) is 14.5. The first-order valence-corrected chi connectivity index (χ1v) is 8.00. The topological polar surface area (TPSA) is 32.3 Å². The van der Waals surface area contributed by atoms with Gasteiger partial charge in [-0.05, 0) is 44.9 Å². The zero-order valence-corrected chi connectivity index (χ0v) is 11.6. The van der Waals surface area contributed by atoms with Crippen molar-refractivity contribution < 1.29 is 4.79 Å². The van der Waals surface area contributed by atoms with E-state index in [9.17, 15) is 4.79 Å². The Balaban J connectivity index is 1.84. The van der Waals surface area contributed by atoms with Gasteiger partial charge >= 0.3 is 0 Å². The molecule has 0 aromatic rings. The van der Waals surface area contributed by atoms with Crippen molar-refractivity contribution in [3.63, 3.8) is 0 Å². The Kier molecular flexibility index (Phi) is 5.16. The Labute approximate surface area is 109 Å². The summed E-state index contributed by atoms with van der Waals surface area (Å²) in [5.74, 6) is 1.54. The molecule has 2 saturated heterocycles. The van der Waals surface area contributed by atoms with E-state index in [0.29, 0.717) is 11.9 Å². The van der Waals surface area contributed by atoms with Crippen molar-refractivity contribution in [2.45, 2.75) is 50.3 Å². The molecule has 2 fully saturated rings. The summed E-state index contributed by atoms with van der Waals surface area (Å²) >= 11 is 1.86. The van der Waals surface area contributed by atoms with Crippen molar-refractivity contribution in [3.8, 4) is 0 Å². The summed E-state index contributed by atoms with van der Waals surface area (Å²) in [6.45, 7) is 4.98. The minimum atomic E-state index is 0.241. The average Bonchev–Trinajstić information content (AvgIpc) is 2.89. The highest BCUT2D eigenvalue weighted by Gasteiger charge is 2.27. The largest absolute Gasteiger partial charge is 0.340 e. The van der Waals surface area contributed by atoms with Crippen molar-refractivity contribution >= 4 is 17.7 Å². The molecule has 2 rings (SSSR count). The molecule has 0 radical (unpaired) electrons. The number of rotatable bonds is 4. The number of likely N-dealkylation sites (N-methyl/N-ethyl adjacent to an activating group) is 1. The van der Waals surface area contributed by atoms with Crippen LogP contribution in [0, 0.1) is 0 Å². The normalized spacial score (nSPS) is 29.2. The highest BCUT2D eigenvalue weighted by atomic mass is 32.2. The van der Waals surface area contributed by atoms with Crippen molar-refractivity contribution in [2.75, 3.05) is 25.4 Å². The first-order valence-electron chi connectivity index (χ1n) is 6.95. The number of nitrogens with one attached hydrogen (secondary N) is 1. The predicted molar refractivity (Wildman–Crippen MR) is 73.4 cm³/mol. The number of carbonyl (C=O) groups is 1. The molecule has 3 nitrogen and oxygen atoms in total. The monoisotopic (exact) mass is 256 g/mol. The van der Waals surface area contributed by atoms with Crippen molar-refractivity contribution in [3.05, 3.63) is 0 Å². The van der Waals surface area contributed by atoms with E-state index in [2.05, 4.69) is 17.1 Å². The second-order valence-electron chi connectivity index (χ2n) is 5.03. The lowest BCUT2D eigenvalue weighted by Crippen LogP contribution is -2.45. The number of hydrogen-bond donors (Lipinski definition) is 1. The molecule has 1 amide bonds. The molecule has 0 bridgehead atoms. The Morgan fingerprint density at radius 3 is 2.82 bits per heavy atom. The standard InChI is InChI=1S/C13H24N2OS/c1-2-15(10-11-6-5-8-14-11)13(16)12-7-3-4-9-17-12/h11-12,14H,2-10H2,1H3. The highest BCUT2D eigenvalue weighted by Crippen LogP contribution is 2.26. The van der Waals surface area contributed by atoms with E-state index >= 15 is 0 Å². The van der Waals surface area contributed by atoms with E-state index in [1.165, 1.54) is 25.7 Å². The van der Waals surface area contributed by atoms with Crippen LogP contribution in [-0.4, -0.2) is 47.5 Å². The molecule has 2 atom stereocenters. The fourth-order valence-electron chi connectivity index (χ4n) is 2.69. The molecule has 17 heavy (non-hydrogen) atoms. The summed E-state index contributed by atoms with van der Waals surface area (Å²) in [6, 6.07) is 0.535. The number of amides is 1. The highest BCUT2D eigenvalue weighted by molar-refractivity contribution is 8.00. The van der Waals surface area contributed by atoms with Crippen LogP contribution in [0.25, 0.3) is 0 Å². The van der Waals surface area contributed by atoms with Crippen LogP contribution in [0.4, 0.5) is 0 Å². The maximum absolute atomic E-state index is 12.4. The van der Waals surface area contributed by atoms with Crippen LogP contribution in [0.2, 0.25) is 0 Å². The first kappa shape index (κ1) is 13.2. The van der Waals surface area contributed by atoms with Gasteiger partial charge in [0.05, 0.1) is 5.25 Å². The van der Waals surface area contributed by atoms with Gasteiger partial charge in [0.1, 0.15) is 0 Å². The third kappa shape index (κ3) is 3.62. The quantitative estimate of drug-likeness (QED) is 0.833. The van der Waals surface area contributed by atoms with Gasteiger partial charge in [-0.2, -0.15) is 0 Å². The molecular formula is C13H24N2OS. The maximum Gasteiger partial charge on any atom is 0.235 e. The summed E-state index contributed by atoms with van der Waals surface area (Å²) < 4.78 is 0. The van der Waals surface area contributed by atoms with Crippen molar-refractivity contribution in [1.82, 2.24) is 10.2 Å². The van der Waals surface area contributed by atoms with Gasteiger partial charge in [0, 0.05) is 19.1 Å². The molecule has 2 aliphatic rings. The molecule has 2 unspecified atom stereocenters. The van der Waals surface area contributed by atoms with Crippen LogP contribution in [-0.2, 0) is 4.79 Å². The summed E-state index contributed by atoms with van der Waals surface area (Å²) in [7, 11) is 0. The van der Waals surface area contributed by atoms with Gasteiger partial charge in [0.25, 0.3) is 0 Å². The summed E-state index contributed by atoms with van der Waals surface area (Å²) in [5, 5.41) is 3.72. The summed E-state index contributed by atoms with van der Waals surface area (Å²) in [5.41, 5.74) is 0. The average molecular weight is 256 g/mol. The molecular weight excluding hydrogens is 232 g/mol. The molecule has 4 heteroatoms. The van der Waals surface area contributed by atoms with E-state index in [-0.39, 0.29) is 5.25 Å². The molecule has 0 aromatic heterocycles. The summed E-state index contributed by atoms with van der Waals surface area (Å²) in [6.07, 6.45) is 6.07. The number of carbonyl (C=O) groups excluding carboxylic acids is 1. The smallest absolute Gasteiger partial charge is 0.235 e. The van der Waals surface area contributed by atoms with Gasteiger partial charge < -0.3 is 10.2 Å². The van der Waals surface area contributed by atoms with Gasteiger partial charge in [-0.3, -0.25) is 4.79 Å². The van der Waals surface area contributed by atoms with E-state index < -0.39 is 0 Å². The molecule has 1 N–H and O–H groups in total. The molecule has 0 aromatic carbocycles. The molecule has 0 aliphatic carbocycles. The zero-order chi connectivity index (χ0) is 12.1. The molecule has 2 aliphatic heterocycles. The number of thioether (sulfide) groups is 1. The lowest BCUT2D eigenvalue weighted by Gasteiger charge is -2.30. The minimum absolute atomic E-state index is 0.241. The van der Waals surface area contributed by atoms with Crippen LogP contribution < -0.4 is 5.32 Å². The van der Waals surface area contributed by atoms with E-state index in [1.54, 1.807) is 0 Å². The van der Waals surface area contributed by atoms with Gasteiger partial charge in [-0.15, -0.1) is 11.8 Å². The van der Waals surface area contributed by atoms with Crippen LogP contribution >= 0.6 is 11.8 Å². The SMILES string of the molecule is CCN(CC1CCCN1)C(=O)C1CCCCS1. The van der Waals surface area contributed by atoms with Gasteiger partial charge in [-0.25, -0.2) is 0 Å². The zero-order valence-electron chi connectivity index (χ0n) is 10.8. The lowest BCUT2D eigenvalue weighted by molar-refractivity contribution is -0.130. The molecule has 0 saturated carbocycles. The van der Waals surface area contributed by atoms with Crippen LogP contribution in [0.15, 0.2) is 0 Å². The van der Waals surface area contributed by atoms with Crippen LogP contribution in [0.3, 0.4) is 0 Å². The second-order valence-corrected chi connectivity index (χ2v) is 6.34. The van der Waals surface area contributed by atoms with Crippen molar-refractivity contribution in [1.29, 1.82) is 0 Å². The van der Waals surface area contributed by atoms with Crippen molar-refractivity contribution in [2.24, 2.45) is 0 Å². The van der Waals surface area contributed by atoms with E-state index in [4.69, 9.17) is 0 Å². The van der Waals surface area contributed by atoms with Gasteiger partial charge in [0.2, 0.25) is 5.91 Å². The van der Waals surface area contributed by atoms with Crippen LogP contribution in [0.1, 0.15) is 39.0 Å². The number of nitrogens with zero attached hydrogens (tertiary/aromatic N) is 1. The van der Waals surface area contributed by atoms with Gasteiger partial charge in [0.15, 0.2) is 0 Å². The van der Waals surface area contributed by atoms with Gasteiger partial charge in [-0.1, -0.05) is 6.42 Å². The predicted octanol–water partition coefficient (Wildman–Crippen LogP) is 1.87.